The van der Waals surface area contributed by atoms with Crippen molar-refractivity contribution in [3.63, 3.8) is 0 Å². The molecule has 0 radical (unpaired) electrons. The number of benzene rings is 1. The first-order valence-electron chi connectivity index (χ1n) is 6.34. The van der Waals surface area contributed by atoms with Gasteiger partial charge in [0.25, 0.3) is 0 Å². The summed E-state index contributed by atoms with van der Waals surface area (Å²) in [6.07, 6.45) is 0. The van der Waals surface area contributed by atoms with Crippen molar-refractivity contribution in [1.82, 2.24) is 15.3 Å². The van der Waals surface area contributed by atoms with Gasteiger partial charge in [0.15, 0.2) is 5.82 Å². The number of hydrogen-bond donors (Lipinski definition) is 1. The van der Waals surface area contributed by atoms with E-state index in [1.165, 1.54) is 0 Å². The van der Waals surface area contributed by atoms with Gasteiger partial charge >= 0.3 is 0 Å². The molecule has 0 aliphatic carbocycles. The normalized spacial score (nSPS) is 19.0. The van der Waals surface area contributed by atoms with Gasteiger partial charge in [-0.3, -0.25) is 0 Å². The van der Waals surface area contributed by atoms with Gasteiger partial charge in [-0.2, -0.15) is 0 Å². The fraction of sp³-hybridized carbons (Fsp3) is 0.286. The van der Waals surface area contributed by atoms with Crippen molar-refractivity contribution in [2.45, 2.75) is 6.04 Å². The van der Waals surface area contributed by atoms with E-state index in [4.69, 9.17) is 27.9 Å². The first kappa shape index (κ1) is 13.8. The molecule has 2 aromatic rings. The summed E-state index contributed by atoms with van der Waals surface area (Å²) in [6, 6.07) is 9.22. The highest BCUT2D eigenvalue weighted by molar-refractivity contribution is 6.31. The van der Waals surface area contributed by atoms with Crippen LogP contribution in [0.25, 0.3) is 11.4 Å². The van der Waals surface area contributed by atoms with Crippen molar-refractivity contribution in [3.05, 3.63) is 46.2 Å². The molecule has 1 atom stereocenters. The van der Waals surface area contributed by atoms with E-state index in [9.17, 15) is 0 Å². The Morgan fingerprint density at radius 1 is 1.20 bits per heavy atom. The zero-order chi connectivity index (χ0) is 13.9. The second-order valence-electron chi connectivity index (χ2n) is 4.53. The topological polar surface area (TPSA) is 47.0 Å². The van der Waals surface area contributed by atoms with Gasteiger partial charge < -0.3 is 10.1 Å². The monoisotopic (exact) mass is 309 g/mol. The molecule has 1 fully saturated rings. The van der Waals surface area contributed by atoms with Crippen LogP contribution in [-0.4, -0.2) is 29.7 Å². The summed E-state index contributed by atoms with van der Waals surface area (Å²) in [6.45, 7) is 2.11. The summed E-state index contributed by atoms with van der Waals surface area (Å²) in [5.74, 6) is 0.572. The third-order valence-electron chi connectivity index (χ3n) is 3.08. The third-order valence-corrected chi connectivity index (χ3v) is 3.50. The number of morpholine rings is 1. The van der Waals surface area contributed by atoms with E-state index in [0.717, 1.165) is 24.4 Å². The first-order chi connectivity index (χ1) is 9.72. The standard InChI is InChI=1S/C14H13Cl2N3O/c15-10-3-1-2-9(6-10)14-18-11(7-13(16)19-14)12-8-20-5-4-17-12/h1-3,6-7,12,17H,4-5,8H2. The van der Waals surface area contributed by atoms with Gasteiger partial charge in [0.2, 0.25) is 0 Å². The van der Waals surface area contributed by atoms with Crippen LogP contribution in [-0.2, 0) is 4.74 Å². The van der Waals surface area contributed by atoms with Gasteiger partial charge in [-0.05, 0) is 18.2 Å². The Morgan fingerprint density at radius 3 is 2.85 bits per heavy atom. The first-order valence-corrected chi connectivity index (χ1v) is 7.09. The summed E-state index contributed by atoms with van der Waals surface area (Å²) < 4.78 is 5.45. The molecular formula is C14H13Cl2N3O. The summed E-state index contributed by atoms with van der Waals surface area (Å²) in [5, 5.41) is 4.41. The number of nitrogens with zero attached hydrogens (tertiary/aromatic N) is 2. The number of ether oxygens (including phenoxy) is 1. The highest BCUT2D eigenvalue weighted by Gasteiger charge is 2.18. The van der Waals surface area contributed by atoms with Crippen LogP contribution < -0.4 is 5.32 Å². The van der Waals surface area contributed by atoms with Gasteiger partial charge in [0, 0.05) is 17.1 Å². The van der Waals surface area contributed by atoms with Crippen molar-refractivity contribution in [2.24, 2.45) is 0 Å². The molecule has 0 amide bonds. The SMILES string of the molecule is Clc1cccc(-c2nc(Cl)cc(C3COCCN3)n2)c1. The molecule has 1 aliphatic rings. The summed E-state index contributed by atoms with van der Waals surface area (Å²) in [5.41, 5.74) is 1.68. The van der Waals surface area contributed by atoms with Crippen molar-refractivity contribution < 1.29 is 4.74 Å². The Kier molecular flexibility index (Phi) is 4.17. The molecule has 0 bridgehead atoms. The van der Waals surface area contributed by atoms with Gasteiger partial charge in [0.05, 0.1) is 24.9 Å². The minimum atomic E-state index is 0.0437. The zero-order valence-corrected chi connectivity index (χ0v) is 12.2. The van der Waals surface area contributed by atoms with Crippen molar-refractivity contribution in [2.75, 3.05) is 19.8 Å². The van der Waals surface area contributed by atoms with E-state index in [0.29, 0.717) is 22.6 Å². The van der Waals surface area contributed by atoms with Gasteiger partial charge in [0.1, 0.15) is 5.15 Å². The van der Waals surface area contributed by atoms with Crippen molar-refractivity contribution >= 4 is 23.2 Å². The molecular weight excluding hydrogens is 297 g/mol. The second-order valence-corrected chi connectivity index (χ2v) is 5.35. The Balaban J connectivity index is 1.97. The molecule has 1 unspecified atom stereocenters. The maximum absolute atomic E-state index is 6.11. The van der Waals surface area contributed by atoms with Crippen LogP contribution in [0.1, 0.15) is 11.7 Å². The fourth-order valence-corrected chi connectivity index (χ4v) is 2.51. The number of rotatable bonds is 2. The van der Waals surface area contributed by atoms with Crippen LogP contribution in [0, 0.1) is 0 Å². The lowest BCUT2D eigenvalue weighted by Gasteiger charge is -2.23. The van der Waals surface area contributed by atoms with Crippen LogP contribution in [0.15, 0.2) is 30.3 Å². The quantitative estimate of drug-likeness (QED) is 0.866. The minimum absolute atomic E-state index is 0.0437. The zero-order valence-electron chi connectivity index (χ0n) is 10.6. The van der Waals surface area contributed by atoms with Crippen LogP contribution in [0.4, 0.5) is 0 Å². The summed E-state index contributed by atoms with van der Waals surface area (Å²) in [7, 11) is 0. The van der Waals surface area contributed by atoms with Gasteiger partial charge in [-0.25, -0.2) is 9.97 Å². The molecule has 3 rings (SSSR count). The maximum atomic E-state index is 6.11. The van der Waals surface area contributed by atoms with Gasteiger partial charge in [-0.15, -0.1) is 0 Å². The molecule has 1 aromatic carbocycles. The Hall–Kier alpha value is -1.20. The largest absolute Gasteiger partial charge is 0.378 e. The summed E-state index contributed by atoms with van der Waals surface area (Å²) >= 11 is 12.1. The van der Waals surface area contributed by atoms with E-state index in [2.05, 4.69) is 15.3 Å². The molecule has 1 N–H and O–H groups in total. The molecule has 1 aromatic heterocycles. The average Bonchev–Trinajstić information content (AvgIpc) is 2.47. The Bertz CT molecular complexity index is 615. The molecule has 4 nitrogen and oxygen atoms in total. The summed E-state index contributed by atoms with van der Waals surface area (Å²) in [4.78, 5) is 8.84. The highest BCUT2D eigenvalue weighted by atomic mass is 35.5. The number of halogens is 2. The van der Waals surface area contributed by atoms with Crippen LogP contribution >= 0.6 is 23.2 Å². The van der Waals surface area contributed by atoms with Crippen LogP contribution in [0.5, 0.6) is 0 Å². The van der Waals surface area contributed by atoms with Crippen LogP contribution in [0.3, 0.4) is 0 Å². The molecule has 1 saturated heterocycles. The Labute approximate surface area is 127 Å². The lowest BCUT2D eigenvalue weighted by molar-refractivity contribution is 0.0756. The molecule has 6 heteroatoms. The molecule has 104 valence electrons. The third kappa shape index (κ3) is 3.10. The molecule has 2 heterocycles. The average molecular weight is 310 g/mol. The number of hydrogen-bond acceptors (Lipinski definition) is 4. The Morgan fingerprint density at radius 2 is 2.10 bits per heavy atom. The maximum Gasteiger partial charge on any atom is 0.161 e. The van der Waals surface area contributed by atoms with E-state index in [-0.39, 0.29) is 6.04 Å². The lowest BCUT2D eigenvalue weighted by atomic mass is 10.1. The predicted molar refractivity (Wildman–Crippen MR) is 79.1 cm³/mol. The molecule has 20 heavy (non-hydrogen) atoms. The predicted octanol–water partition coefficient (Wildman–Crippen LogP) is 3.11. The van der Waals surface area contributed by atoms with E-state index >= 15 is 0 Å². The van der Waals surface area contributed by atoms with Crippen LogP contribution in [0.2, 0.25) is 10.2 Å². The number of aromatic nitrogens is 2. The van der Waals surface area contributed by atoms with E-state index in [1.54, 1.807) is 6.07 Å². The van der Waals surface area contributed by atoms with Crippen molar-refractivity contribution in [1.29, 1.82) is 0 Å². The van der Waals surface area contributed by atoms with E-state index in [1.807, 2.05) is 24.3 Å². The van der Waals surface area contributed by atoms with Crippen molar-refractivity contribution in [3.8, 4) is 11.4 Å². The lowest BCUT2D eigenvalue weighted by Crippen LogP contribution is -2.35. The van der Waals surface area contributed by atoms with Gasteiger partial charge in [-0.1, -0.05) is 35.3 Å². The number of nitrogens with one attached hydrogen (secondary N) is 1. The molecule has 0 spiro atoms. The second kappa shape index (κ2) is 6.06. The fourth-order valence-electron chi connectivity index (χ4n) is 2.13. The minimum Gasteiger partial charge on any atom is -0.378 e. The smallest absolute Gasteiger partial charge is 0.161 e. The highest BCUT2D eigenvalue weighted by Crippen LogP contribution is 2.24. The molecule has 1 aliphatic heterocycles. The van der Waals surface area contributed by atoms with E-state index < -0.39 is 0 Å². The molecule has 0 saturated carbocycles.